The van der Waals surface area contributed by atoms with E-state index in [1.165, 1.54) is 12.1 Å². The normalized spacial score (nSPS) is 11.1. The van der Waals surface area contributed by atoms with Gasteiger partial charge in [-0.3, -0.25) is 4.98 Å². The van der Waals surface area contributed by atoms with E-state index in [-0.39, 0.29) is 5.82 Å². The van der Waals surface area contributed by atoms with E-state index in [4.69, 9.17) is 11.6 Å². The fraction of sp³-hybridized carbons (Fsp3) is 0. The highest BCUT2D eigenvalue weighted by Gasteiger charge is 2.12. The van der Waals surface area contributed by atoms with Crippen LogP contribution in [0.5, 0.6) is 0 Å². The summed E-state index contributed by atoms with van der Waals surface area (Å²) < 4.78 is 15.4. The lowest BCUT2D eigenvalue weighted by molar-refractivity contribution is 0.628. The first-order chi connectivity index (χ1) is 8.66. The molecule has 0 aliphatic carbocycles. The van der Waals surface area contributed by atoms with E-state index in [0.29, 0.717) is 5.02 Å². The van der Waals surface area contributed by atoms with Crippen molar-refractivity contribution in [3.05, 3.63) is 50.3 Å². The average molecular weight is 390 g/mol. The number of rotatable bonds is 1. The molecule has 0 fully saturated rings. The molecule has 2 heterocycles. The molecular weight excluding hydrogens is 384 g/mol. The van der Waals surface area contributed by atoms with Crippen molar-refractivity contribution >= 4 is 55.7 Å². The fourth-order valence-corrected chi connectivity index (χ4v) is 3.80. The number of aromatic nitrogens is 1. The summed E-state index contributed by atoms with van der Waals surface area (Å²) in [6, 6.07) is 6.41. The SMILES string of the molecule is Fc1ccc(-c2csc3c(I)ccnc23)c(Cl)c1. The molecule has 0 saturated carbocycles. The van der Waals surface area contributed by atoms with Crippen LogP contribution in [-0.4, -0.2) is 4.98 Å². The summed E-state index contributed by atoms with van der Waals surface area (Å²) in [5, 5.41) is 2.43. The lowest BCUT2D eigenvalue weighted by Gasteiger charge is -2.03. The summed E-state index contributed by atoms with van der Waals surface area (Å²) in [4.78, 5) is 4.40. The zero-order valence-electron chi connectivity index (χ0n) is 8.95. The second-order valence-corrected chi connectivity index (χ2v) is 6.19. The highest BCUT2D eigenvalue weighted by Crippen LogP contribution is 2.38. The molecule has 0 atom stereocenters. The third kappa shape index (κ3) is 2.02. The molecule has 0 radical (unpaired) electrons. The lowest BCUT2D eigenvalue weighted by atomic mass is 10.1. The Morgan fingerprint density at radius 1 is 1.22 bits per heavy atom. The maximum absolute atomic E-state index is 13.1. The minimum atomic E-state index is -0.328. The van der Waals surface area contributed by atoms with Crippen molar-refractivity contribution in [1.82, 2.24) is 4.98 Å². The smallest absolute Gasteiger partial charge is 0.124 e. The van der Waals surface area contributed by atoms with Crippen LogP contribution in [-0.2, 0) is 0 Å². The van der Waals surface area contributed by atoms with E-state index in [1.807, 2.05) is 11.4 Å². The highest BCUT2D eigenvalue weighted by atomic mass is 127. The van der Waals surface area contributed by atoms with Crippen molar-refractivity contribution in [2.75, 3.05) is 0 Å². The van der Waals surface area contributed by atoms with Crippen LogP contribution in [0.2, 0.25) is 5.02 Å². The number of thiophene rings is 1. The number of hydrogen-bond donors (Lipinski definition) is 0. The summed E-state index contributed by atoms with van der Waals surface area (Å²) in [6.45, 7) is 0. The van der Waals surface area contributed by atoms with Crippen LogP contribution in [0.15, 0.2) is 35.8 Å². The van der Waals surface area contributed by atoms with E-state index in [1.54, 1.807) is 23.6 Å². The van der Waals surface area contributed by atoms with Gasteiger partial charge in [-0.15, -0.1) is 11.3 Å². The molecule has 0 N–H and O–H groups in total. The van der Waals surface area contributed by atoms with E-state index in [0.717, 1.165) is 24.9 Å². The second kappa shape index (κ2) is 4.75. The maximum atomic E-state index is 13.1. The van der Waals surface area contributed by atoms with Gasteiger partial charge in [0.05, 0.1) is 15.2 Å². The van der Waals surface area contributed by atoms with Crippen LogP contribution in [0.3, 0.4) is 0 Å². The Kier molecular flexibility index (Phi) is 3.25. The van der Waals surface area contributed by atoms with Gasteiger partial charge in [-0.1, -0.05) is 11.6 Å². The van der Waals surface area contributed by atoms with Gasteiger partial charge in [0.25, 0.3) is 0 Å². The molecule has 3 rings (SSSR count). The van der Waals surface area contributed by atoms with Crippen LogP contribution in [0.1, 0.15) is 0 Å². The molecule has 1 aromatic carbocycles. The van der Waals surface area contributed by atoms with Gasteiger partial charge in [0.1, 0.15) is 5.82 Å². The molecule has 0 spiro atoms. The Hall–Kier alpha value is -0.720. The third-order valence-electron chi connectivity index (χ3n) is 2.63. The lowest BCUT2D eigenvalue weighted by Crippen LogP contribution is -1.83. The predicted octanol–water partition coefficient (Wildman–Crippen LogP) is 5.36. The summed E-state index contributed by atoms with van der Waals surface area (Å²) in [5.41, 5.74) is 2.69. The summed E-state index contributed by atoms with van der Waals surface area (Å²) in [5.74, 6) is -0.328. The molecule has 1 nitrogen and oxygen atoms in total. The maximum Gasteiger partial charge on any atom is 0.124 e. The summed E-state index contributed by atoms with van der Waals surface area (Å²) in [7, 11) is 0. The average Bonchev–Trinajstić information content (AvgIpc) is 2.74. The minimum absolute atomic E-state index is 0.328. The molecule has 0 bridgehead atoms. The molecule has 0 saturated heterocycles. The number of nitrogens with zero attached hydrogens (tertiary/aromatic N) is 1. The Bertz CT molecular complexity index is 741. The third-order valence-corrected chi connectivity index (χ3v) is 5.21. The van der Waals surface area contributed by atoms with Crippen LogP contribution in [0, 0.1) is 9.39 Å². The van der Waals surface area contributed by atoms with Gasteiger partial charge in [-0.2, -0.15) is 0 Å². The predicted molar refractivity (Wildman–Crippen MR) is 82.7 cm³/mol. The van der Waals surface area contributed by atoms with Crippen molar-refractivity contribution in [2.45, 2.75) is 0 Å². The molecule has 2 aromatic heterocycles. The first-order valence-electron chi connectivity index (χ1n) is 5.14. The largest absolute Gasteiger partial charge is 0.255 e. The Morgan fingerprint density at radius 2 is 2.06 bits per heavy atom. The highest BCUT2D eigenvalue weighted by molar-refractivity contribution is 14.1. The summed E-state index contributed by atoms with van der Waals surface area (Å²) >= 11 is 10.0. The van der Waals surface area contributed by atoms with Crippen LogP contribution in [0.4, 0.5) is 4.39 Å². The van der Waals surface area contributed by atoms with Crippen LogP contribution < -0.4 is 0 Å². The molecular formula is C13H6ClFINS. The molecule has 0 unspecified atom stereocenters. The van der Waals surface area contributed by atoms with Gasteiger partial charge in [0.2, 0.25) is 0 Å². The number of hydrogen-bond acceptors (Lipinski definition) is 2. The molecule has 0 aliphatic heterocycles. The van der Waals surface area contributed by atoms with E-state index in [9.17, 15) is 4.39 Å². The zero-order valence-corrected chi connectivity index (χ0v) is 12.7. The van der Waals surface area contributed by atoms with E-state index in [2.05, 4.69) is 27.6 Å². The van der Waals surface area contributed by atoms with Gasteiger partial charge in [-0.05, 0) is 46.9 Å². The standard InChI is InChI=1S/C13H6ClFINS/c14-10-5-7(15)1-2-8(10)9-6-18-13-11(16)3-4-17-12(9)13/h1-6H. The van der Waals surface area contributed by atoms with Gasteiger partial charge in [0, 0.05) is 26.3 Å². The van der Waals surface area contributed by atoms with Crippen LogP contribution in [0.25, 0.3) is 21.3 Å². The quantitative estimate of drug-likeness (QED) is 0.511. The first-order valence-corrected chi connectivity index (χ1v) is 7.47. The molecule has 18 heavy (non-hydrogen) atoms. The van der Waals surface area contributed by atoms with E-state index >= 15 is 0 Å². The number of benzene rings is 1. The molecule has 90 valence electrons. The van der Waals surface area contributed by atoms with E-state index < -0.39 is 0 Å². The van der Waals surface area contributed by atoms with Crippen molar-refractivity contribution in [1.29, 1.82) is 0 Å². The summed E-state index contributed by atoms with van der Waals surface area (Å²) in [6.07, 6.45) is 1.78. The zero-order chi connectivity index (χ0) is 12.7. The Labute approximate surface area is 126 Å². The Morgan fingerprint density at radius 3 is 2.83 bits per heavy atom. The number of fused-ring (bicyclic) bond motifs is 1. The van der Waals surface area contributed by atoms with Gasteiger partial charge < -0.3 is 0 Å². The molecule has 0 aliphatic rings. The van der Waals surface area contributed by atoms with Crippen molar-refractivity contribution < 1.29 is 4.39 Å². The fourth-order valence-electron chi connectivity index (χ4n) is 1.80. The second-order valence-electron chi connectivity index (χ2n) is 3.74. The van der Waals surface area contributed by atoms with Gasteiger partial charge in [0.15, 0.2) is 0 Å². The molecule has 5 heteroatoms. The molecule has 0 amide bonds. The van der Waals surface area contributed by atoms with Crippen molar-refractivity contribution in [3.8, 4) is 11.1 Å². The number of pyridine rings is 1. The van der Waals surface area contributed by atoms with Crippen LogP contribution >= 0.6 is 45.5 Å². The Balaban J connectivity index is 2.29. The first kappa shape index (κ1) is 12.3. The van der Waals surface area contributed by atoms with Gasteiger partial charge >= 0.3 is 0 Å². The molecule has 3 aromatic rings. The topological polar surface area (TPSA) is 12.9 Å². The number of halogens is 3. The minimum Gasteiger partial charge on any atom is -0.255 e. The monoisotopic (exact) mass is 389 g/mol. The van der Waals surface area contributed by atoms with Gasteiger partial charge in [-0.25, -0.2) is 4.39 Å². The van der Waals surface area contributed by atoms with Crippen molar-refractivity contribution in [3.63, 3.8) is 0 Å². The van der Waals surface area contributed by atoms with Crippen molar-refractivity contribution in [2.24, 2.45) is 0 Å².